The molecule has 10 aromatic carbocycles. The monoisotopic (exact) mass is 711 g/mol. The van der Waals surface area contributed by atoms with Crippen LogP contribution in [0.25, 0.3) is 110 Å². The maximum atomic E-state index is 5.17. The molecule has 0 aliphatic heterocycles. The molecule has 0 saturated heterocycles. The van der Waals surface area contributed by atoms with Crippen molar-refractivity contribution in [3.63, 3.8) is 0 Å². The highest BCUT2D eigenvalue weighted by Crippen LogP contribution is 2.34. The second-order valence-corrected chi connectivity index (χ2v) is 14.5. The lowest BCUT2D eigenvalue weighted by molar-refractivity contribution is 1.08. The highest BCUT2D eigenvalue weighted by Gasteiger charge is 2.15. The molecule has 56 heavy (non-hydrogen) atoms. The highest BCUT2D eigenvalue weighted by atomic mass is 15.0. The number of rotatable bonds is 5. The summed E-state index contributed by atoms with van der Waals surface area (Å²) >= 11 is 0. The summed E-state index contributed by atoms with van der Waals surface area (Å²) in [5.41, 5.74) is 7.52. The van der Waals surface area contributed by atoms with E-state index >= 15 is 0 Å². The number of hydrogen-bond donors (Lipinski definition) is 0. The molecule has 0 aliphatic carbocycles. The van der Waals surface area contributed by atoms with Crippen LogP contribution in [-0.2, 0) is 0 Å². The maximum Gasteiger partial charge on any atom is 0.164 e. The summed E-state index contributed by atoms with van der Waals surface area (Å²) in [6.07, 6.45) is 0. The molecule has 1 aromatic heterocycles. The third-order valence-electron chi connectivity index (χ3n) is 11.0. The van der Waals surface area contributed by atoms with Crippen molar-refractivity contribution in [1.82, 2.24) is 15.0 Å². The summed E-state index contributed by atoms with van der Waals surface area (Å²) in [5.74, 6) is 1.92. The van der Waals surface area contributed by atoms with Gasteiger partial charge < -0.3 is 0 Å². The van der Waals surface area contributed by atoms with Gasteiger partial charge in [-0.05, 0) is 119 Å². The van der Waals surface area contributed by atoms with Gasteiger partial charge in [0.1, 0.15) is 0 Å². The third kappa shape index (κ3) is 5.74. The average Bonchev–Trinajstić information content (AvgIpc) is 3.27. The molecule has 0 fully saturated rings. The van der Waals surface area contributed by atoms with Crippen molar-refractivity contribution in [2.75, 3.05) is 0 Å². The van der Waals surface area contributed by atoms with Crippen LogP contribution >= 0.6 is 0 Å². The van der Waals surface area contributed by atoms with Crippen LogP contribution in [-0.4, -0.2) is 15.0 Å². The molecule has 0 amide bonds. The van der Waals surface area contributed by atoms with E-state index in [0.29, 0.717) is 17.5 Å². The molecule has 11 aromatic rings. The van der Waals surface area contributed by atoms with Crippen LogP contribution in [0, 0.1) is 0 Å². The smallest absolute Gasteiger partial charge is 0.164 e. The lowest BCUT2D eigenvalue weighted by Gasteiger charge is -2.12. The Morgan fingerprint density at radius 2 is 0.589 bits per heavy atom. The van der Waals surface area contributed by atoms with E-state index in [1.54, 1.807) is 0 Å². The zero-order chi connectivity index (χ0) is 37.0. The van der Waals surface area contributed by atoms with Crippen molar-refractivity contribution < 1.29 is 0 Å². The molecule has 0 saturated carbocycles. The van der Waals surface area contributed by atoms with E-state index < -0.39 is 0 Å². The quantitative estimate of drug-likeness (QED) is 0.132. The fraction of sp³-hybridized carbons (Fsp3) is 0. The molecular formula is C53H33N3. The first-order valence-corrected chi connectivity index (χ1v) is 19.0. The topological polar surface area (TPSA) is 38.7 Å². The van der Waals surface area contributed by atoms with Gasteiger partial charge in [-0.15, -0.1) is 0 Å². The number of aromatic nitrogens is 3. The van der Waals surface area contributed by atoms with Gasteiger partial charge >= 0.3 is 0 Å². The summed E-state index contributed by atoms with van der Waals surface area (Å²) < 4.78 is 0. The predicted octanol–water partition coefficient (Wildman–Crippen LogP) is 14.0. The van der Waals surface area contributed by atoms with E-state index in [-0.39, 0.29) is 0 Å². The summed E-state index contributed by atoms with van der Waals surface area (Å²) in [6, 6.07) is 71.4. The van der Waals surface area contributed by atoms with Gasteiger partial charge in [-0.2, -0.15) is 0 Å². The third-order valence-corrected chi connectivity index (χ3v) is 11.0. The summed E-state index contributed by atoms with van der Waals surface area (Å²) in [5, 5.41) is 12.0. The molecule has 1 heterocycles. The van der Waals surface area contributed by atoms with Crippen molar-refractivity contribution in [2.45, 2.75) is 0 Å². The van der Waals surface area contributed by atoms with Crippen molar-refractivity contribution in [3.05, 3.63) is 200 Å². The van der Waals surface area contributed by atoms with E-state index in [9.17, 15) is 0 Å². The van der Waals surface area contributed by atoms with Crippen LogP contribution in [0.15, 0.2) is 200 Å². The van der Waals surface area contributed by atoms with Gasteiger partial charge in [-0.25, -0.2) is 15.0 Å². The van der Waals surface area contributed by atoms with Gasteiger partial charge in [0, 0.05) is 16.7 Å². The Balaban J connectivity index is 1.03. The van der Waals surface area contributed by atoms with Crippen molar-refractivity contribution >= 4 is 53.9 Å². The van der Waals surface area contributed by atoms with Crippen molar-refractivity contribution in [2.24, 2.45) is 0 Å². The molecule has 11 rings (SSSR count). The minimum Gasteiger partial charge on any atom is -0.208 e. The van der Waals surface area contributed by atoms with Crippen LogP contribution in [0.5, 0.6) is 0 Å². The zero-order valence-corrected chi connectivity index (χ0v) is 30.4. The van der Waals surface area contributed by atoms with Crippen molar-refractivity contribution in [1.29, 1.82) is 0 Å². The molecule has 0 radical (unpaired) electrons. The summed E-state index contributed by atoms with van der Waals surface area (Å²) in [6.45, 7) is 0. The van der Waals surface area contributed by atoms with Gasteiger partial charge in [-0.3, -0.25) is 0 Å². The number of benzene rings is 10. The van der Waals surface area contributed by atoms with Crippen LogP contribution in [0.4, 0.5) is 0 Å². The SMILES string of the molecule is c1ccc(-c2ccc3cc(-c4cccc(-c5nc(-c6ccc7cc8ccccc8cc7c6)nc(-c6ccc7c(ccc8ccccc87)c6)n5)c4)ccc3c2)cc1. The molecule has 0 spiro atoms. The fourth-order valence-corrected chi connectivity index (χ4v) is 8.07. The lowest BCUT2D eigenvalue weighted by atomic mass is 9.97. The number of fused-ring (bicyclic) bond motifs is 6. The van der Waals surface area contributed by atoms with Crippen LogP contribution in [0.2, 0.25) is 0 Å². The molecular weight excluding hydrogens is 679 g/mol. The lowest BCUT2D eigenvalue weighted by Crippen LogP contribution is -2.00. The first kappa shape index (κ1) is 32.0. The molecule has 3 nitrogen and oxygen atoms in total. The van der Waals surface area contributed by atoms with Crippen molar-refractivity contribution in [3.8, 4) is 56.4 Å². The Labute approximate surface area is 324 Å². The Morgan fingerprint density at radius 3 is 1.30 bits per heavy atom. The van der Waals surface area contributed by atoms with Crippen LogP contribution in [0.1, 0.15) is 0 Å². The Kier molecular flexibility index (Phi) is 7.49. The Bertz CT molecular complexity index is 3280. The highest BCUT2D eigenvalue weighted by molar-refractivity contribution is 6.08. The van der Waals surface area contributed by atoms with E-state index in [1.165, 1.54) is 54.2 Å². The first-order chi connectivity index (χ1) is 27.7. The van der Waals surface area contributed by atoms with E-state index in [4.69, 9.17) is 15.0 Å². The standard InChI is InChI=1S/C53H33N3/c1-2-9-34(10-3-1)39-18-19-42-29-40(20-21-41(42)28-39)38-14-8-15-45(30-38)51-54-52(46-24-22-43-27-36-12-4-5-13-37(36)31-48(43)33-46)56-53(55-51)47-25-26-50-44(32-47)23-17-35-11-6-7-16-49(35)50/h1-33H. The fourth-order valence-electron chi connectivity index (χ4n) is 8.07. The molecule has 0 atom stereocenters. The van der Waals surface area contributed by atoms with Gasteiger partial charge in [0.05, 0.1) is 0 Å². The number of nitrogens with zero attached hydrogens (tertiary/aromatic N) is 3. The second-order valence-electron chi connectivity index (χ2n) is 14.5. The maximum absolute atomic E-state index is 5.17. The van der Waals surface area contributed by atoms with E-state index in [0.717, 1.165) is 38.6 Å². The molecule has 0 bridgehead atoms. The van der Waals surface area contributed by atoms with Gasteiger partial charge in [0.25, 0.3) is 0 Å². The number of hydrogen-bond acceptors (Lipinski definition) is 3. The van der Waals surface area contributed by atoms with E-state index in [1.807, 2.05) is 0 Å². The van der Waals surface area contributed by atoms with Gasteiger partial charge in [0.15, 0.2) is 17.5 Å². The molecule has 0 N–H and O–H groups in total. The summed E-state index contributed by atoms with van der Waals surface area (Å²) in [4.78, 5) is 15.5. The second kappa shape index (κ2) is 13.1. The Morgan fingerprint density at radius 1 is 0.196 bits per heavy atom. The summed E-state index contributed by atoms with van der Waals surface area (Å²) in [7, 11) is 0. The Hall–Kier alpha value is -7.49. The zero-order valence-electron chi connectivity index (χ0n) is 30.4. The van der Waals surface area contributed by atoms with Crippen LogP contribution in [0.3, 0.4) is 0 Å². The normalized spacial score (nSPS) is 11.6. The van der Waals surface area contributed by atoms with Gasteiger partial charge in [0.2, 0.25) is 0 Å². The molecule has 0 aliphatic rings. The molecule has 0 unspecified atom stereocenters. The minimum absolute atomic E-state index is 0.636. The minimum atomic E-state index is 0.636. The first-order valence-electron chi connectivity index (χ1n) is 19.0. The van der Waals surface area contributed by atoms with E-state index in [2.05, 4.69) is 200 Å². The molecule has 260 valence electrons. The predicted molar refractivity (Wildman–Crippen MR) is 235 cm³/mol. The largest absolute Gasteiger partial charge is 0.208 e. The molecule has 3 heteroatoms. The average molecular weight is 712 g/mol. The van der Waals surface area contributed by atoms with Gasteiger partial charge in [-0.1, -0.05) is 158 Å². The van der Waals surface area contributed by atoms with Crippen LogP contribution < -0.4 is 0 Å².